The normalized spacial score (nSPS) is 14.1. The maximum atomic E-state index is 12.4. The van der Waals surface area contributed by atoms with Crippen LogP contribution in [0.25, 0.3) is 0 Å². The Bertz CT molecular complexity index is 1210. The highest BCUT2D eigenvalue weighted by molar-refractivity contribution is 6.53. The first-order chi connectivity index (χ1) is 18.8. The summed E-state index contributed by atoms with van der Waals surface area (Å²) in [4.78, 5) is 60.4. The summed E-state index contributed by atoms with van der Waals surface area (Å²) in [5.74, 6) is -3.45. The lowest BCUT2D eigenvalue weighted by Crippen LogP contribution is -2.48. The van der Waals surface area contributed by atoms with Gasteiger partial charge in [0.05, 0.1) is 35.4 Å². The maximum Gasteiger partial charge on any atom is 0.326 e. The van der Waals surface area contributed by atoms with Gasteiger partial charge in [-0.15, -0.1) is 0 Å². The summed E-state index contributed by atoms with van der Waals surface area (Å²) in [6.45, 7) is 1.04. The van der Waals surface area contributed by atoms with Crippen molar-refractivity contribution in [2.24, 2.45) is 5.73 Å². The number of aliphatic hydroxyl groups excluding tert-OH is 1. The number of carbonyl (C=O) groups excluding carboxylic acids is 3. The molecule has 0 bridgehead atoms. The van der Waals surface area contributed by atoms with Crippen LogP contribution in [-0.4, -0.2) is 78.0 Å². The number of imidazole rings is 1. The number of aryl methyl sites for hydroxylation is 1. The van der Waals surface area contributed by atoms with E-state index in [0.717, 1.165) is 0 Å². The monoisotopic (exact) mass is 602 g/mol. The van der Waals surface area contributed by atoms with Crippen molar-refractivity contribution < 1.29 is 39.1 Å². The second kappa shape index (κ2) is 15.1. The van der Waals surface area contributed by atoms with Gasteiger partial charge in [-0.2, -0.15) is 0 Å². The summed E-state index contributed by atoms with van der Waals surface area (Å²) in [6, 6.07) is 1.59. The summed E-state index contributed by atoms with van der Waals surface area (Å²) in [7, 11) is 0. The Morgan fingerprint density at radius 2 is 1.82 bits per heavy atom. The number of carboxylic acids is 1. The van der Waals surface area contributed by atoms with Gasteiger partial charge in [-0.05, 0) is 24.6 Å². The number of aliphatic hydroxyl groups is 1. The highest BCUT2D eigenvalue weighted by Gasteiger charge is 2.27. The number of rotatable bonds is 15. The average molecular weight is 603 g/mol. The Labute approximate surface area is 237 Å². The molecule has 0 saturated heterocycles. The molecule has 0 aliphatic rings. The molecule has 1 heterocycles. The van der Waals surface area contributed by atoms with Gasteiger partial charge < -0.3 is 35.9 Å². The van der Waals surface area contributed by atoms with Gasteiger partial charge in [0.2, 0.25) is 5.91 Å². The zero-order chi connectivity index (χ0) is 30.0. The van der Waals surface area contributed by atoms with E-state index in [1.165, 1.54) is 48.3 Å². The van der Waals surface area contributed by atoms with Crippen LogP contribution in [0.4, 0.5) is 5.69 Å². The number of benzene rings is 1. The number of nitrogens with one attached hydrogen (secondary N) is 2. The van der Waals surface area contributed by atoms with Crippen LogP contribution in [0.1, 0.15) is 30.7 Å². The van der Waals surface area contributed by atoms with Gasteiger partial charge in [0.15, 0.2) is 4.84 Å². The molecule has 1 aromatic carbocycles. The summed E-state index contributed by atoms with van der Waals surface area (Å²) >= 11 is 11.1. The van der Waals surface area contributed by atoms with Crippen molar-refractivity contribution in [3.05, 3.63) is 58.2 Å². The van der Waals surface area contributed by atoms with Crippen LogP contribution in [0.5, 0.6) is 0 Å². The Kier molecular flexibility index (Phi) is 12.3. The number of nitrogens with zero attached hydrogens (tertiary/aromatic N) is 3. The molecule has 0 radical (unpaired) electrons. The molecule has 40 heavy (non-hydrogen) atoms. The van der Waals surface area contributed by atoms with Gasteiger partial charge in [-0.3, -0.25) is 24.5 Å². The molecular weight excluding hydrogens is 575 g/mol. The lowest BCUT2D eigenvalue weighted by atomic mass is 10.0. The molecule has 15 nitrogen and oxygen atoms in total. The Hall–Kier alpha value is -3.79. The first kappa shape index (κ1) is 32.4. The Morgan fingerprint density at radius 1 is 1.18 bits per heavy atom. The molecule has 218 valence electrons. The number of ether oxygens (including phenoxy) is 1. The number of hydrogen-bond donors (Lipinski definition) is 5. The molecule has 6 N–H and O–H groups in total. The van der Waals surface area contributed by atoms with Crippen molar-refractivity contribution in [2.45, 2.75) is 55.4 Å². The molecule has 0 spiro atoms. The Morgan fingerprint density at radius 3 is 2.38 bits per heavy atom. The van der Waals surface area contributed by atoms with E-state index in [9.17, 15) is 39.5 Å². The van der Waals surface area contributed by atoms with Crippen molar-refractivity contribution in [1.29, 1.82) is 0 Å². The number of nitro groups is 1. The zero-order valence-corrected chi connectivity index (χ0v) is 22.6. The van der Waals surface area contributed by atoms with Gasteiger partial charge in [0.1, 0.15) is 18.8 Å². The van der Waals surface area contributed by atoms with Crippen LogP contribution in [-0.2, 0) is 36.9 Å². The van der Waals surface area contributed by atoms with E-state index in [1.54, 1.807) is 0 Å². The molecule has 2 amide bonds. The van der Waals surface area contributed by atoms with Crippen LogP contribution in [0, 0.1) is 10.1 Å². The van der Waals surface area contributed by atoms with E-state index in [0.29, 0.717) is 5.69 Å². The molecule has 2 rings (SSSR count). The number of non-ortho nitro benzene ring substituents is 1. The molecule has 0 aliphatic carbocycles. The van der Waals surface area contributed by atoms with Crippen LogP contribution < -0.4 is 16.4 Å². The van der Waals surface area contributed by atoms with Crippen molar-refractivity contribution in [2.75, 3.05) is 6.61 Å². The van der Waals surface area contributed by atoms with Gasteiger partial charge in [-0.25, -0.2) is 9.78 Å². The largest absolute Gasteiger partial charge is 0.480 e. The van der Waals surface area contributed by atoms with Crippen molar-refractivity contribution in [3.63, 3.8) is 0 Å². The van der Waals surface area contributed by atoms with Gasteiger partial charge in [0.25, 0.3) is 11.6 Å². The van der Waals surface area contributed by atoms with E-state index in [2.05, 4.69) is 15.6 Å². The topological polar surface area (TPSA) is 229 Å². The predicted octanol–water partition coefficient (Wildman–Crippen LogP) is 0.206. The van der Waals surface area contributed by atoms with Gasteiger partial charge in [0, 0.05) is 31.3 Å². The van der Waals surface area contributed by atoms with Gasteiger partial charge >= 0.3 is 11.9 Å². The van der Waals surface area contributed by atoms with Crippen molar-refractivity contribution in [3.8, 4) is 0 Å². The highest BCUT2D eigenvalue weighted by atomic mass is 35.5. The minimum atomic E-state index is -1.47. The molecule has 17 heteroatoms. The maximum absolute atomic E-state index is 12.4. The average Bonchev–Trinajstić information content (AvgIpc) is 3.35. The van der Waals surface area contributed by atoms with Crippen molar-refractivity contribution >= 4 is 52.6 Å². The minimum Gasteiger partial charge on any atom is -0.480 e. The van der Waals surface area contributed by atoms with E-state index >= 15 is 0 Å². The third-order valence-electron chi connectivity index (χ3n) is 5.48. The quantitative estimate of drug-likeness (QED) is 0.0799. The van der Waals surface area contributed by atoms with Crippen LogP contribution >= 0.6 is 23.2 Å². The SMILES string of the molecule is CC(N)C(=O)NC(Cc1cn(CCC(=O)OC[C@@H](NC(=O)C(Cl)Cl)[C@H](O)c2ccc([N+](=O)[O-])cc2)cn1)C(=O)O. The summed E-state index contributed by atoms with van der Waals surface area (Å²) in [5.41, 5.74) is 5.79. The third kappa shape index (κ3) is 10.1. The number of halogens is 2. The van der Waals surface area contributed by atoms with Crippen LogP contribution in [0.15, 0.2) is 36.8 Å². The van der Waals surface area contributed by atoms with E-state index in [1.807, 2.05) is 0 Å². The second-order valence-corrected chi connectivity index (χ2v) is 9.73. The molecule has 0 saturated carbocycles. The number of nitro benzene ring substituents is 1. The number of esters is 1. The molecular formula is C23H28Cl2N6O9. The van der Waals surface area contributed by atoms with E-state index in [4.69, 9.17) is 33.7 Å². The fourth-order valence-corrected chi connectivity index (χ4v) is 3.43. The minimum absolute atomic E-state index is 0.100. The number of alkyl halides is 2. The number of carboxylic acid groups (broad SMARTS) is 1. The van der Waals surface area contributed by atoms with Crippen LogP contribution in [0.2, 0.25) is 0 Å². The summed E-state index contributed by atoms with van der Waals surface area (Å²) in [6.07, 6.45) is 1.18. The molecule has 4 atom stereocenters. The van der Waals surface area contributed by atoms with E-state index < -0.39 is 64.3 Å². The van der Waals surface area contributed by atoms with Crippen LogP contribution in [0.3, 0.4) is 0 Å². The lowest BCUT2D eigenvalue weighted by molar-refractivity contribution is -0.384. The van der Waals surface area contributed by atoms with Gasteiger partial charge in [-0.1, -0.05) is 23.2 Å². The predicted molar refractivity (Wildman–Crippen MR) is 140 cm³/mol. The number of carbonyl (C=O) groups is 4. The second-order valence-electron chi connectivity index (χ2n) is 8.64. The van der Waals surface area contributed by atoms with E-state index in [-0.39, 0.29) is 30.6 Å². The van der Waals surface area contributed by atoms with Crippen molar-refractivity contribution in [1.82, 2.24) is 20.2 Å². The first-order valence-electron chi connectivity index (χ1n) is 11.7. The molecule has 1 aromatic heterocycles. The zero-order valence-electron chi connectivity index (χ0n) is 21.1. The standard InChI is InChI=1S/C23H28Cl2N6O9/c1-12(26)21(34)28-16(23(36)37)8-14-9-30(11-27-14)7-6-18(32)40-10-17(29-22(35)20(24)25)19(33)13-2-4-15(5-3-13)31(38)39/h2-5,9,11-12,16-17,19-20,33H,6-8,10,26H2,1H3,(H,28,34)(H,29,35)(H,36,37)/t12?,16?,17-,19-/m1/s1. The molecule has 0 fully saturated rings. The smallest absolute Gasteiger partial charge is 0.326 e. The number of aromatic nitrogens is 2. The lowest BCUT2D eigenvalue weighted by Gasteiger charge is -2.24. The molecule has 0 aliphatic heterocycles. The summed E-state index contributed by atoms with van der Waals surface area (Å²) in [5, 5.41) is 35.6. The number of nitrogens with two attached hydrogens (primary N) is 1. The highest BCUT2D eigenvalue weighted by Crippen LogP contribution is 2.21. The Balaban J connectivity index is 1.97. The third-order valence-corrected chi connectivity index (χ3v) is 5.87. The number of aliphatic carboxylic acids is 1. The number of amides is 2. The molecule has 2 unspecified atom stereocenters. The molecule has 2 aromatic rings. The fourth-order valence-electron chi connectivity index (χ4n) is 3.30. The first-order valence-corrected chi connectivity index (χ1v) is 12.6. The number of hydrogen-bond acceptors (Lipinski definition) is 10. The summed E-state index contributed by atoms with van der Waals surface area (Å²) < 4.78 is 6.71. The fraction of sp³-hybridized carbons (Fsp3) is 0.435.